The monoisotopic (exact) mass is 264 g/mol. The minimum Gasteiger partial charge on any atom is -0.382 e. The number of ether oxygens (including phenoxy) is 1. The van der Waals surface area contributed by atoms with E-state index in [4.69, 9.17) is 4.74 Å². The van der Waals surface area contributed by atoms with E-state index in [1.54, 1.807) is 0 Å². The van der Waals surface area contributed by atoms with Crippen LogP contribution < -0.4 is 10.6 Å². The molecule has 1 heterocycles. The van der Waals surface area contributed by atoms with E-state index in [1.807, 2.05) is 6.92 Å². The van der Waals surface area contributed by atoms with E-state index in [0.717, 1.165) is 52.0 Å². The fourth-order valence-corrected chi connectivity index (χ4v) is 1.88. The van der Waals surface area contributed by atoms with Crippen LogP contribution in [0, 0.1) is 0 Å². The number of amides is 1. The summed E-state index contributed by atoms with van der Waals surface area (Å²) in [7, 11) is 0. The Morgan fingerprint density at radius 1 is 1.41 bits per heavy atom. The van der Waals surface area contributed by atoms with Crippen LogP contribution in [-0.2, 0) is 9.53 Å². The first-order chi connectivity index (χ1) is 7.84. The van der Waals surface area contributed by atoms with Gasteiger partial charge in [0, 0.05) is 19.8 Å². The Bertz CT molecular complexity index is 197. The van der Waals surface area contributed by atoms with E-state index in [9.17, 15) is 4.79 Å². The Hall–Kier alpha value is -0.320. The van der Waals surface area contributed by atoms with E-state index in [0.29, 0.717) is 0 Å². The Balaban J connectivity index is 0.00000256. The number of nitrogens with one attached hydrogen (secondary N) is 2. The molecule has 17 heavy (non-hydrogen) atoms. The molecule has 0 aliphatic carbocycles. The van der Waals surface area contributed by atoms with Crippen LogP contribution in [0.25, 0.3) is 0 Å². The zero-order valence-electron chi connectivity index (χ0n) is 10.7. The minimum atomic E-state index is 0. The van der Waals surface area contributed by atoms with Gasteiger partial charge in [0.15, 0.2) is 0 Å². The van der Waals surface area contributed by atoms with Crippen molar-refractivity contribution in [3.63, 3.8) is 0 Å². The molecule has 102 valence electrons. The molecule has 4 nitrogen and oxygen atoms in total. The average molecular weight is 265 g/mol. The quantitative estimate of drug-likeness (QED) is 0.685. The van der Waals surface area contributed by atoms with E-state index in [2.05, 4.69) is 10.6 Å². The van der Waals surface area contributed by atoms with Crippen molar-refractivity contribution in [2.75, 3.05) is 26.3 Å². The highest BCUT2D eigenvalue weighted by Crippen LogP contribution is 2.06. The number of carbonyl (C=O) groups excluding carboxylic acids is 1. The molecule has 0 radical (unpaired) electrons. The summed E-state index contributed by atoms with van der Waals surface area (Å²) in [5.74, 6) is 0.163. The minimum absolute atomic E-state index is 0. The molecule has 0 bridgehead atoms. The normalized spacial score (nSPS) is 19.5. The van der Waals surface area contributed by atoms with Gasteiger partial charge >= 0.3 is 0 Å². The molecule has 1 unspecified atom stereocenters. The molecule has 0 aromatic rings. The molecule has 1 saturated heterocycles. The fraction of sp³-hybridized carbons (Fsp3) is 0.917. The second-order valence-electron chi connectivity index (χ2n) is 4.20. The third-order valence-electron chi connectivity index (χ3n) is 2.85. The van der Waals surface area contributed by atoms with Gasteiger partial charge in [-0.2, -0.15) is 0 Å². The Kier molecular flexibility index (Phi) is 10.6. The number of halogens is 1. The van der Waals surface area contributed by atoms with Crippen LogP contribution in [0.1, 0.15) is 39.0 Å². The smallest absolute Gasteiger partial charge is 0.237 e. The molecule has 0 spiro atoms. The van der Waals surface area contributed by atoms with Crippen molar-refractivity contribution in [3.05, 3.63) is 0 Å². The molecule has 1 rings (SSSR count). The molecule has 1 aliphatic rings. The van der Waals surface area contributed by atoms with E-state index < -0.39 is 0 Å². The van der Waals surface area contributed by atoms with Crippen LogP contribution in [0.4, 0.5) is 0 Å². The van der Waals surface area contributed by atoms with Gasteiger partial charge in [-0.1, -0.05) is 6.42 Å². The molecule has 1 aliphatic heterocycles. The molecule has 0 aromatic heterocycles. The van der Waals surface area contributed by atoms with Crippen LogP contribution in [0.3, 0.4) is 0 Å². The van der Waals surface area contributed by atoms with Crippen LogP contribution >= 0.6 is 12.4 Å². The Morgan fingerprint density at radius 2 is 2.24 bits per heavy atom. The van der Waals surface area contributed by atoms with Crippen molar-refractivity contribution in [1.29, 1.82) is 0 Å². The lowest BCUT2D eigenvalue weighted by molar-refractivity contribution is -0.123. The highest BCUT2D eigenvalue weighted by atomic mass is 35.5. The van der Waals surface area contributed by atoms with Gasteiger partial charge in [0.2, 0.25) is 5.91 Å². The van der Waals surface area contributed by atoms with E-state index >= 15 is 0 Å². The number of hydrogen-bond acceptors (Lipinski definition) is 3. The highest BCUT2D eigenvalue weighted by molar-refractivity contribution is 5.85. The lowest BCUT2D eigenvalue weighted by atomic mass is 10.0. The summed E-state index contributed by atoms with van der Waals surface area (Å²) >= 11 is 0. The summed E-state index contributed by atoms with van der Waals surface area (Å²) in [5.41, 5.74) is 0. The number of hydrogen-bond donors (Lipinski definition) is 2. The third-order valence-corrected chi connectivity index (χ3v) is 2.85. The second-order valence-corrected chi connectivity index (χ2v) is 4.20. The van der Waals surface area contributed by atoms with Gasteiger partial charge in [-0.3, -0.25) is 4.79 Å². The predicted octanol–water partition coefficient (Wildman–Crippen LogP) is 1.48. The molecule has 5 heteroatoms. The molecule has 1 amide bonds. The summed E-state index contributed by atoms with van der Waals surface area (Å²) in [5, 5.41) is 6.22. The Labute approximate surface area is 110 Å². The van der Waals surface area contributed by atoms with Gasteiger partial charge in [-0.05, 0) is 39.2 Å². The summed E-state index contributed by atoms with van der Waals surface area (Å²) in [6, 6.07) is 0.0423. The first-order valence-corrected chi connectivity index (χ1v) is 6.43. The van der Waals surface area contributed by atoms with Gasteiger partial charge in [0.1, 0.15) is 0 Å². The van der Waals surface area contributed by atoms with Gasteiger partial charge in [-0.25, -0.2) is 0 Å². The van der Waals surface area contributed by atoms with Crippen molar-refractivity contribution in [2.45, 2.75) is 45.1 Å². The first-order valence-electron chi connectivity index (χ1n) is 6.43. The molecular formula is C12H25ClN2O2. The van der Waals surface area contributed by atoms with E-state index in [-0.39, 0.29) is 24.4 Å². The lowest BCUT2D eigenvalue weighted by Crippen LogP contribution is -2.46. The second kappa shape index (κ2) is 10.8. The number of unbranched alkanes of at least 4 members (excludes halogenated alkanes) is 1. The molecule has 1 fully saturated rings. The maximum atomic E-state index is 11.7. The number of rotatable bonds is 7. The molecule has 1 atom stereocenters. The molecular weight excluding hydrogens is 240 g/mol. The average Bonchev–Trinajstić information content (AvgIpc) is 2.34. The topological polar surface area (TPSA) is 50.4 Å². The number of piperidine rings is 1. The van der Waals surface area contributed by atoms with Crippen LogP contribution in [0.2, 0.25) is 0 Å². The molecule has 2 N–H and O–H groups in total. The summed E-state index contributed by atoms with van der Waals surface area (Å²) < 4.78 is 5.23. The van der Waals surface area contributed by atoms with Gasteiger partial charge in [0.25, 0.3) is 0 Å². The molecule has 0 saturated carbocycles. The van der Waals surface area contributed by atoms with Crippen molar-refractivity contribution in [2.24, 2.45) is 0 Å². The fourth-order valence-electron chi connectivity index (χ4n) is 1.88. The zero-order valence-corrected chi connectivity index (χ0v) is 11.5. The SMILES string of the molecule is CCOCCCCNC(=O)C1CCCCN1.Cl. The van der Waals surface area contributed by atoms with Crippen molar-refractivity contribution in [1.82, 2.24) is 10.6 Å². The standard InChI is InChI=1S/C12H24N2O2.ClH/c1-2-16-10-6-5-9-14-12(15)11-7-3-4-8-13-11;/h11,13H,2-10H2,1H3,(H,14,15);1H. The zero-order chi connectivity index (χ0) is 11.6. The van der Waals surface area contributed by atoms with Crippen molar-refractivity contribution in [3.8, 4) is 0 Å². The summed E-state index contributed by atoms with van der Waals surface area (Å²) in [6.45, 7) is 5.31. The third kappa shape index (κ3) is 7.58. The van der Waals surface area contributed by atoms with Crippen LogP contribution in [0.15, 0.2) is 0 Å². The Morgan fingerprint density at radius 3 is 2.88 bits per heavy atom. The van der Waals surface area contributed by atoms with Crippen LogP contribution in [-0.4, -0.2) is 38.3 Å². The number of carbonyl (C=O) groups is 1. The summed E-state index contributed by atoms with van der Waals surface area (Å²) in [4.78, 5) is 11.7. The van der Waals surface area contributed by atoms with Gasteiger partial charge in [-0.15, -0.1) is 12.4 Å². The maximum Gasteiger partial charge on any atom is 0.237 e. The first kappa shape index (κ1) is 16.7. The largest absolute Gasteiger partial charge is 0.382 e. The lowest BCUT2D eigenvalue weighted by Gasteiger charge is -2.22. The summed E-state index contributed by atoms with van der Waals surface area (Å²) in [6.07, 6.45) is 5.35. The highest BCUT2D eigenvalue weighted by Gasteiger charge is 2.19. The van der Waals surface area contributed by atoms with E-state index in [1.165, 1.54) is 6.42 Å². The van der Waals surface area contributed by atoms with Gasteiger partial charge < -0.3 is 15.4 Å². The van der Waals surface area contributed by atoms with Crippen molar-refractivity contribution < 1.29 is 9.53 Å². The van der Waals surface area contributed by atoms with Gasteiger partial charge in [0.05, 0.1) is 6.04 Å². The predicted molar refractivity (Wildman–Crippen MR) is 71.6 cm³/mol. The van der Waals surface area contributed by atoms with Crippen molar-refractivity contribution >= 4 is 18.3 Å². The van der Waals surface area contributed by atoms with Crippen LogP contribution in [0.5, 0.6) is 0 Å². The molecule has 0 aromatic carbocycles. The maximum absolute atomic E-state index is 11.7.